The molecule has 4 N–H and O–H groups in total. The zero-order chi connectivity index (χ0) is 20.5. The van der Waals surface area contributed by atoms with Crippen molar-refractivity contribution in [1.29, 1.82) is 0 Å². The Hall–Kier alpha value is -3.15. The number of alkyl halides is 3. The van der Waals surface area contributed by atoms with Crippen molar-refractivity contribution in [2.45, 2.75) is 25.1 Å². The second-order valence-corrected chi connectivity index (χ2v) is 5.96. The van der Waals surface area contributed by atoms with E-state index in [1.807, 2.05) is 0 Å². The van der Waals surface area contributed by atoms with Gasteiger partial charge in [-0.25, -0.2) is 19.6 Å². The van der Waals surface area contributed by atoms with Crippen LogP contribution in [0, 0.1) is 5.82 Å². The summed E-state index contributed by atoms with van der Waals surface area (Å²) in [6, 6.07) is 1.83. The van der Waals surface area contributed by atoms with Crippen molar-refractivity contribution < 1.29 is 32.2 Å². The van der Waals surface area contributed by atoms with Crippen LogP contribution in [0.2, 0.25) is 0 Å². The third-order valence-electron chi connectivity index (χ3n) is 3.83. The van der Waals surface area contributed by atoms with E-state index >= 15 is 0 Å². The van der Waals surface area contributed by atoms with Gasteiger partial charge < -0.3 is 20.6 Å². The van der Waals surface area contributed by atoms with Crippen molar-refractivity contribution in [3.8, 4) is 5.75 Å². The molecule has 12 heteroatoms. The number of carboxylic acids is 1. The number of nitrogens with zero attached hydrogens (tertiary/aromatic N) is 2. The van der Waals surface area contributed by atoms with Crippen LogP contribution in [0.1, 0.15) is 28.8 Å². The number of aromatic carboxylic acids is 1. The van der Waals surface area contributed by atoms with Gasteiger partial charge in [-0.2, -0.15) is 18.2 Å². The Labute approximate surface area is 155 Å². The fourth-order valence-electron chi connectivity index (χ4n) is 2.25. The highest BCUT2D eigenvalue weighted by molar-refractivity contribution is 5.89. The molecule has 1 saturated carbocycles. The van der Waals surface area contributed by atoms with Gasteiger partial charge in [-0.05, 0) is 18.9 Å². The van der Waals surface area contributed by atoms with E-state index in [1.54, 1.807) is 0 Å². The molecule has 3 rings (SSSR count). The number of rotatable bonds is 7. The molecule has 1 aromatic carbocycles. The summed E-state index contributed by atoms with van der Waals surface area (Å²) in [7, 11) is 1.23. The van der Waals surface area contributed by atoms with Crippen molar-refractivity contribution >= 4 is 23.4 Å². The molecule has 0 amide bonds. The SMILES string of the molecule is COc1cc(C(=O)O)c(F)cc1Nc1ncc(C(F)(F)F)c(NNC2CC2)n1. The van der Waals surface area contributed by atoms with Gasteiger partial charge in [0.05, 0.1) is 18.4 Å². The highest BCUT2D eigenvalue weighted by Crippen LogP contribution is 2.35. The third kappa shape index (κ3) is 4.39. The minimum Gasteiger partial charge on any atom is -0.495 e. The lowest BCUT2D eigenvalue weighted by Gasteiger charge is -2.16. The highest BCUT2D eigenvalue weighted by Gasteiger charge is 2.36. The summed E-state index contributed by atoms with van der Waals surface area (Å²) in [4.78, 5) is 18.4. The molecule has 1 aromatic heterocycles. The molecule has 1 heterocycles. The molecule has 0 unspecified atom stereocenters. The molecular weight excluding hydrogens is 386 g/mol. The summed E-state index contributed by atoms with van der Waals surface area (Å²) < 4.78 is 58.4. The summed E-state index contributed by atoms with van der Waals surface area (Å²) in [5.41, 5.74) is 3.39. The van der Waals surface area contributed by atoms with Crippen molar-refractivity contribution in [1.82, 2.24) is 15.4 Å². The zero-order valence-corrected chi connectivity index (χ0v) is 14.4. The molecule has 0 saturated heterocycles. The molecule has 2 aromatic rings. The minimum absolute atomic E-state index is 0.0482. The van der Waals surface area contributed by atoms with Crippen LogP contribution < -0.4 is 20.9 Å². The van der Waals surface area contributed by atoms with Crippen molar-refractivity contribution in [3.05, 3.63) is 35.3 Å². The third-order valence-corrected chi connectivity index (χ3v) is 3.83. The molecule has 0 radical (unpaired) electrons. The Balaban J connectivity index is 1.92. The van der Waals surface area contributed by atoms with Gasteiger partial charge in [0.15, 0.2) is 5.82 Å². The predicted molar refractivity (Wildman–Crippen MR) is 90.0 cm³/mol. The number of carbonyl (C=O) groups is 1. The number of carboxylic acid groups (broad SMARTS) is 1. The standard InChI is InChI=1S/C16H15F4N5O3/c1-28-12-4-8(14(26)27)10(17)5-11(12)22-15-21-6-9(16(18,19)20)13(23-15)25-24-7-2-3-7/h4-7,24H,2-3H2,1H3,(H,26,27)(H2,21,22,23,25). The lowest BCUT2D eigenvalue weighted by atomic mass is 10.1. The van der Waals surface area contributed by atoms with Gasteiger partial charge >= 0.3 is 12.1 Å². The first-order valence-electron chi connectivity index (χ1n) is 8.02. The molecular formula is C16H15F4N5O3. The maximum atomic E-state index is 13.9. The summed E-state index contributed by atoms with van der Waals surface area (Å²) in [5, 5.41) is 11.5. The molecule has 1 fully saturated rings. The summed E-state index contributed by atoms with van der Waals surface area (Å²) in [5.74, 6) is -3.37. The molecule has 0 atom stereocenters. The van der Waals surface area contributed by atoms with Crippen LogP contribution in [0.3, 0.4) is 0 Å². The van der Waals surface area contributed by atoms with E-state index in [-0.39, 0.29) is 23.4 Å². The second kappa shape index (κ2) is 7.46. The Morgan fingerprint density at radius 1 is 1.32 bits per heavy atom. The first kappa shape index (κ1) is 19.6. The van der Waals surface area contributed by atoms with E-state index in [0.29, 0.717) is 6.20 Å². The van der Waals surface area contributed by atoms with E-state index in [1.165, 1.54) is 7.11 Å². The Morgan fingerprint density at radius 3 is 2.61 bits per heavy atom. The van der Waals surface area contributed by atoms with E-state index in [9.17, 15) is 22.4 Å². The summed E-state index contributed by atoms with van der Waals surface area (Å²) in [6.45, 7) is 0. The number of methoxy groups -OCH3 is 1. The number of hydrazine groups is 1. The number of hydrogen-bond donors (Lipinski definition) is 4. The number of ether oxygens (including phenoxy) is 1. The highest BCUT2D eigenvalue weighted by atomic mass is 19.4. The number of benzene rings is 1. The monoisotopic (exact) mass is 401 g/mol. The van der Waals surface area contributed by atoms with Gasteiger partial charge in [-0.1, -0.05) is 0 Å². The number of aromatic nitrogens is 2. The molecule has 0 bridgehead atoms. The molecule has 0 aliphatic heterocycles. The first-order valence-corrected chi connectivity index (χ1v) is 8.02. The van der Waals surface area contributed by atoms with Crippen LogP contribution in [0.5, 0.6) is 5.75 Å². The molecule has 8 nitrogen and oxygen atoms in total. The van der Waals surface area contributed by atoms with E-state index in [4.69, 9.17) is 9.84 Å². The maximum Gasteiger partial charge on any atom is 0.421 e. The average molecular weight is 401 g/mol. The molecule has 150 valence electrons. The van der Waals surface area contributed by atoms with Crippen molar-refractivity contribution in [2.75, 3.05) is 17.9 Å². The smallest absolute Gasteiger partial charge is 0.421 e. The van der Waals surface area contributed by atoms with Gasteiger partial charge in [0.25, 0.3) is 0 Å². The van der Waals surface area contributed by atoms with Gasteiger partial charge in [-0.15, -0.1) is 0 Å². The van der Waals surface area contributed by atoms with Crippen LogP contribution in [0.15, 0.2) is 18.3 Å². The predicted octanol–water partition coefficient (Wildman–Crippen LogP) is 3.16. The van der Waals surface area contributed by atoms with Crippen molar-refractivity contribution in [2.24, 2.45) is 0 Å². The molecule has 1 aliphatic carbocycles. The van der Waals surface area contributed by atoms with Crippen LogP contribution in [0.4, 0.5) is 35.0 Å². The Morgan fingerprint density at radius 2 is 2.04 bits per heavy atom. The number of hydrogen-bond acceptors (Lipinski definition) is 7. The number of nitrogens with one attached hydrogen (secondary N) is 3. The lowest BCUT2D eigenvalue weighted by molar-refractivity contribution is -0.137. The molecule has 0 spiro atoms. The average Bonchev–Trinajstić information content (AvgIpc) is 3.43. The second-order valence-electron chi connectivity index (χ2n) is 5.96. The molecule has 28 heavy (non-hydrogen) atoms. The maximum absolute atomic E-state index is 13.9. The topological polar surface area (TPSA) is 108 Å². The van der Waals surface area contributed by atoms with Gasteiger partial charge in [-0.3, -0.25) is 0 Å². The normalized spacial score (nSPS) is 13.9. The van der Waals surface area contributed by atoms with Crippen LogP contribution >= 0.6 is 0 Å². The summed E-state index contributed by atoms with van der Waals surface area (Å²) >= 11 is 0. The van der Waals surface area contributed by atoms with E-state index < -0.39 is 34.9 Å². The Kier molecular flexibility index (Phi) is 5.23. The first-order chi connectivity index (χ1) is 13.2. The van der Waals surface area contributed by atoms with Crippen LogP contribution in [-0.4, -0.2) is 34.2 Å². The fraction of sp³-hybridized carbons (Fsp3) is 0.312. The van der Waals surface area contributed by atoms with Gasteiger partial charge in [0.2, 0.25) is 5.95 Å². The number of halogens is 4. The lowest BCUT2D eigenvalue weighted by Crippen LogP contribution is -2.27. The van der Waals surface area contributed by atoms with Crippen molar-refractivity contribution in [3.63, 3.8) is 0 Å². The van der Waals surface area contributed by atoms with Gasteiger partial charge in [0, 0.05) is 18.3 Å². The van der Waals surface area contributed by atoms with Gasteiger partial charge in [0.1, 0.15) is 17.1 Å². The van der Waals surface area contributed by atoms with Crippen LogP contribution in [0.25, 0.3) is 0 Å². The van der Waals surface area contributed by atoms with Crippen LogP contribution in [-0.2, 0) is 6.18 Å². The van der Waals surface area contributed by atoms with E-state index in [2.05, 4.69) is 26.1 Å². The zero-order valence-electron chi connectivity index (χ0n) is 14.4. The largest absolute Gasteiger partial charge is 0.495 e. The quantitative estimate of drug-likeness (QED) is 0.414. The fourth-order valence-corrected chi connectivity index (χ4v) is 2.25. The molecule has 1 aliphatic rings. The summed E-state index contributed by atoms with van der Waals surface area (Å²) in [6.07, 6.45) is -2.44. The minimum atomic E-state index is -4.68. The number of anilines is 3. The Bertz CT molecular complexity index is 903. The van der Waals surface area contributed by atoms with E-state index in [0.717, 1.165) is 25.0 Å².